The van der Waals surface area contributed by atoms with Crippen molar-refractivity contribution in [3.05, 3.63) is 18.0 Å². The summed E-state index contributed by atoms with van der Waals surface area (Å²) in [6, 6.07) is 2.21. The minimum Gasteiger partial charge on any atom is -0.316 e. The van der Waals surface area contributed by atoms with Gasteiger partial charge in [0.1, 0.15) is 0 Å². The first-order valence-corrected chi connectivity index (χ1v) is 7.76. The van der Waals surface area contributed by atoms with Gasteiger partial charge in [0.05, 0.1) is 0 Å². The van der Waals surface area contributed by atoms with Crippen molar-refractivity contribution in [3.63, 3.8) is 0 Å². The predicted molar refractivity (Wildman–Crippen MR) is 80.2 cm³/mol. The quantitative estimate of drug-likeness (QED) is 0.884. The van der Waals surface area contributed by atoms with E-state index in [0.717, 1.165) is 30.8 Å². The Hall–Kier alpha value is -0.830. The summed E-state index contributed by atoms with van der Waals surface area (Å²) < 4.78 is 2.07. The second kappa shape index (κ2) is 6.56. The SMILES string of the molecule is CC(C)CNCC1CCC(C)CC1c1ccnn1C. The van der Waals surface area contributed by atoms with Gasteiger partial charge in [-0.2, -0.15) is 5.10 Å². The Morgan fingerprint density at radius 1 is 1.42 bits per heavy atom. The van der Waals surface area contributed by atoms with Crippen LogP contribution in [0.5, 0.6) is 0 Å². The fraction of sp³-hybridized carbons (Fsp3) is 0.812. The monoisotopic (exact) mass is 263 g/mol. The zero-order valence-corrected chi connectivity index (χ0v) is 12.9. The summed E-state index contributed by atoms with van der Waals surface area (Å²) >= 11 is 0. The summed E-state index contributed by atoms with van der Waals surface area (Å²) in [5.74, 6) is 3.03. The number of nitrogens with zero attached hydrogens (tertiary/aromatic N) is 2. The third-order valence-electron chi connectivity index (χ3n) is 4.45. The van der Waals surface area contributed by atoms with Crippen LogP contribution in [0.25, 0.3) is 0 Å². The lowest BCUT2D eigenvalue weighted by molar-refractivity contribution is 0.232. The molecule has 1 aromatic heterocycles. The maximum Gasteiger partial charge on any atom is 0.0492 e. The molecule has 0 radical (unpaired) electrons. The zero-order chi connectivity index (χ0) is 13.8. The van der Waals surface area contributed by atoms with Gasteiger partial charge in [-0.15, -0.1) is 0 Å². The number of hydrogen-bond acceptors (Lipinski definition) is 2. The topological polar surface area (TPSA) is 29.9 Å². The first kappa shape index (κ1) is 14.6. The largest absolute Gasteiger partial charge is 0.316 e. The fourth-order valence-corrected chi connectivity index (χ4v) is 3.36. The van der Waals surface area contributed by atoms with Crippen molar-refractivity contribution in [2.75, 3.05) is 13.1 Å². The predicted octanol–water partition coefficient (Wildman–Crippen LogP) is 3.19. The van der Waals surface area contributed by atoms with E-state index in [0.29, 0.717) is 5.92 Å². The van der Waals surface area contributed by atoms with Crippen LogP contribution in [0.2, 0.25) is 0 Å². The molecule has 3 nitrogen and oxygen atoms in total. The fourth-order valence-electron chi connectivity index (χ4n) is 3.36. The van der Waals surface area contributed by atoms with E-state index in [4.69, 9.17) is 0 Å². The van der Waals surface area contributed by atoms with E-state index < -0.39 is 0 Å². The molecular formula is C16H29N3. The van der Waals surface area contributed by atoms with Crippen LogP contribution < -0.4 is 5.32 Å². The van der Waals surface area contributed by atoms with E-state index in [2.05, 4.69) is 49.0 Å². The molecule has 0 bridgehead atoms. The van der Waals surface area contributed by atoms with E-state index in [9.17, 15) is 0 Å². The molecule has 108 valence electrons. The summed E-state index contributed by atoms with van der Waals surface area (Å²) in [4.78, 5) is 0. The van der Waals surface area contributed by atoms with E-state index in [1.165, 1.54) is 25.0 Å². The van der Waals surface area contributed by atoms with Crippen LogP contribution in [0.3, 0.4) is 0 Å². The Kier molecular flexibility index (Phi) is 5.03. The van der Waals surface area contributed by atoms with Gasteiger partial charge >= 0.3 is 0 Å². The number of aromatic nitrogens is 2. The lowest BCUT2D eigenvalue weighted by atomic mass is 9.73. The number of hydrogen-bond donors (Lipinski definition) is 1. The maximum atomic E-state index is 4.36. The number of rotatable bonds is 5. The Bertz CT molecular complexity index is 383. The second-order valence-electron chi connectivity index (χ2n) is 6.72. The molecule has 1 N–H and O–H groups in total. The van der Waals surface area contributed by atoms with Crippen molar-refractivity contribution >= 4 is 0 Å². The number of nitrogens with one attached hydrogen (secondary N) is 1. The van der Waals surface area contributed by atoms with Gasteiger partial charge in [-0.05, 0) is 49.8 Å². The summed E-state index contributed by atoms with van der Waals surface area (Å²) in [5.41, 5.74) is 1.42. The summed E-state index contributed by atoms with van der Waals surface area (Å²) in [6.45, 7) is 9.22. The van der Waals surface area contributed by atoms with Gasteiger partial charge in [0.15, 0.2) is 0 Å². The maximum absolute atomic E-state index is 4.36. The van der Waals surface area contributed by atoms with Crippen LogP contribution in [0.15, 0.2) is 12.3 Å². The Morgan fingerprint density at radius 3 is 2.84 bits per heavy atom. The third-order valence-corrected chi connectivity index (χ3v) is 4.45. The Balaban J connectivity index is 2.01. The zero-order valence-electron chi connectivity index (χ0n) is 12.9. The first-order chi connectivity index (χ1) is 9.08. The third kappa shape index (κ3) is 3.82. The lowest BCUT2D eigenvalue weighted by Crippen LogP contribution is -2.33. The van der Waals surface area contributed by atoms with Crippen LogP contribution in [0.4, 0.5) is 0 Å². The molecule has 1 aliphatic rings. The molecule has 3 atom stereocenters. The summed E-state index contributed by atoms with van der Waals surface area (Å²) in [6.07, 6.45) is 5.98. The molecule has 0 aliphatic heterocycles. The minimum absolute atomic E-state index is 0.677. The summed E-state index contributed by atoms with van der Waals surface area (Å²) in [5, 5.41) is 8.01. The smallest absolute Gasteiger partial charge is 0.0492 e. The lowest BCUT2D eigenvalue weighted by Gasteiger charge is -2.35. The van der Waals surface area contributed by atoms with Gasteiger partial charge in [0.25, 0.3) is 0 Å². The van der Waals surface area contributed by atoms with Crippen LogP contribution in [0, 0.1) is 17.8 Å². The highest BCUT2D eigenvalue weighted by Gasteiger charge is 2.31. The van der Waals surface area contributed by atoms with Crippen molar-refractivity contribution in [3.8, 4) is 0 Å². The van der Waals surface area contributed by atoms with Gasteiger partial charge in [0.2, 0.25) is 0 Å². The molecule has 2 rings (SSSR count). The average molecular weight is 263 g/mol. The highest BCUT2D eigenvalue weighted by molar-refractivity contribution is 5.11. The van der Waals surface area contributed by atoms with Crippen LogP contribution in [0.1, 0.15) is 51.6 Å². The van der Waals surface area contributed by atoms with Gasteiger partial charge < -0.3 is 5.32 Å². The summed E-state index contributed by atoms with van der Waals surface area (Å²) in [7, 11) is 2.08. The molecule has 0 saturated heterocycles. The molecule has 1 saturated carbocycles. The molecule has 0 amide bonds. The van der Waals surface area contributed by atoms with Gasteiger partial charge in [-0.25, -0.2) is 0 Å². The van der Waals surface area contributed by atoms with Crippen LogP contribution >= 0.6 is 0 Å². The van der Waals surface area contributed by atoms with Crippen molar-refractivity contribution in [2.24, 2.45) is 24.8 Å². The Morgan fingerprint density at radius 2 is 2.21 bits per heavy atom. The van der Waals surface area contributed by atoms with Crippen molar-refractivity contribution in [1.82, 2.24) is 15.1 Å². The molecule has 0 spiro atoms. The minimum atomic E-state index is 0.677. The molecule has 1 heterocycles. The van der Waals surface area contributed by atoms with Crippen molar-refractivity contribution in [1.29, 1.82) is 0 Å². The van der Waals surface area contributed by atoms with Gasteiger partial charge in [-0.3, -0.25) is 4.68 Å². The van der Waals surface area contributed by atoms with Crippen LogP contribution in [-0.4, -0.2) is 22.9 Å². The number of aryl methyl sites for hydroxylation is 1. The molecule has 1 aromatic rings. The Labute approximate surface area is 117 Å². The standard InChI is InChI=1S/C16H29N3/c1-12(2)10-17-11-14-6-5-13(3)9-15(14)16-7-8-18-19(16)4/h7-8,12-15,17H,5-6,9-11H2,1-4H3. The second-order valence-corrected chi connectivity index (χ2v) is 6.72. The van der Waals surface area contributed by atoms with Crippen molar-refractivity contribution < 1.29 is 0 Å². The molecule has 3 unspecified atom stereocenters. The molecule has 19 heavy (non-hydrogen) atoms. The van der Waals surface area contributed by atoms with Crippen LogP contribution in [-0.2, 0) is 7.05 Å². The molecule has 1 fully saturated rings. The molecule has 3 heteroatoms. The molecular weight excluding hydrogens is 234 g/mol. The molecule has 0 aromatic carbocycles. The van der Waals surface area contributed by atoms with Crippen molar-refractivity contribution in [2.45, 2.75) is 46.0 Å². The highest BCUT2D eigenvalue weighted by Crippen LogP contribution is 2.39. The first-order valence-electron chi connectivity index (χ1n) is 7.76. The van der Waals surface area contributed by atoms with Gasteiger partial charge in [-0.1, -0.05) is 27.2 Å². The normalized spacial score (nSPS) is 27.9. The van der Waals surface area contributed by atoms with Gasteiger partial charge in [0, 0.05) is 24.9 Å². The van der Waals surface area contributed by atoms with E-state index in [-0.39, 0.29) is 0 Å². The van der Waals surface area contributed by atoms with E-state index in [1.54, 1.807) is 0 Å². The highest BCUT2D eigenvalue weighted by atomic mass is 15.3. The molecule has 1 aliphatic carbocycles. The average Bonchev–Trinajstić information content (AvgIpc) is 2.77. The van der Waals surface area contributed by atoms with E-state index in [1.807, 2.05) is 6.20 Å². The van der Waals surface area contributed by atoms with E-state index >= 15 is 0 Å².